The van der Waals surface area contributed by atoms with Crippen molar-refractivity contribution in [1.29, 1.82) is 0 Å². The molecule has 0 radical (unpaired) electrons. The molecular weight excluding hydrogens is 1010 g/mol. The minimum atomic E-state index is -1.99. The molecule has 3 aliphatic rings. The average Bonchev–Trinajstić information content (AvgIpc) is 3.46. The summed E-state index contributed by atoms with van der Waals surface area (Å²) in [7, 11) is 0. The lowest BCUT2D eigenvalue weighted by atomic mass is 9.96. The molecule has 3 fully saturated rings. The van der Waals surface area contributed by atoms with Crippen molar-refractivity contribution < 1.29 is 89.4 Å². The largest absolute Gasteiger partial charge is 0.394 e. The summed E-state index contributed by atoms with van der Waals surface area (Å²) in [6.45, 7) is 1.52. The number of carbonyl (C=O) groups excluding carboxylic acids is 1. The van der Waals surface area contributed by atoms with Gasteiger partial charge in [-0.05, 0) is 70.6 Å². The summed E-state index contributed by atoms with van der Waals surface area (Å²) in [4.78, 5) is 13.3. The highest BCUT2D eigenvalue weighted by Gasteiger charge is 2.53. The van der Waals surface area contributed by atoms with E-state index in [0.29, 0.717) is 6.42 Å². The number of carbonyl (C=O) groups is 1. The van der Waals surface area contributed by atoms with Gasteiger partial charge in [-0.25, -0.2) is 0 Å². The Morgan fingerprint density at radius 3 is 1.38 bits per heavy atom. The number of allylic oxidation sites excluding steroid dienone is 13. The monoisotopic (exact) mass is 1110 g/mol. The Morgan fingerprint density at radius 1 is 0.474 bits per heavy atom. The first-order valence-electron chi connectivity index (χ1n) is 28.8. The average molecular weight is 1110 g/mol. The van der Waals surface area contributed by atoms with E-state index in [2.05, 4.69) is 92.1 Å². The van der Waals surface area contributed by atoms with E-state index in [1.165, 1.54) is 44.9 Å². The molecule has 448 valence electrons. The summed E-state index contributed by atoms with van der Waals surface area (Å²) in [5, 5.41) is 120. The van der Waals surface area contributed by atoms with E-state index in [9.17, 15) is 61.0 Å². The second-order valence-electron chi connectivity index (χ2n) is 20.4. The quantitative estimate of drug-likeness (QED) is 0.0299. The molecule has 0 spiro atoms. The van der Waals surface area contributed by atoms with Crippen LogP contribution in [-0.4, -0.2) is 193 Å². The highest BCUT2D eigenvalue weighted by Crippen LogP contribution is 2.33. The molecule has 3 aliphatic heterocycles. The van der Waals surface area contributed by atoms with Crippen molar-refractivity contribution >= 4 is 5.91 Å². The van der Waals surface area contributed by atoms with Gasteiger partial charge in [0.05, 0.1) is 38.6 Å². The number of amides is 1. The third kappa shape index (κ3) is 25.8. The van der Waals surface area contributed by atoms with E-state index in [0.717, 1.165) is 77.0 Å². The van der Waals surface area contributed by atoms with Crippen LogP contribution in [0.1, 0.15) is 149 Å². The van der Waals surface area contributed by atoms with Crippen LogP contribution < -0.4 is 5.32 Å². The maximum Gasteiger partial charge on any atom is 0.220 e. The van der Waals surface area contributed by atoms with Crippen molar-refractivity contribution in [3.05, 3.63) is 85.1 Å². The van der Waals surface area contributed by atoms with Crippen LogP contribution in [0.3, 0.4) is 0 Å². The molecule has 0 aromatic heterocycles. The number of hydrogen-bond donors (Lipinski definition) is 12. The van der Waals surface area contributed by atoms with Crippen molar-refractivity contribution in [3.8, 4) is 0 Å². The van der Waals surface area contributed by atoms with Crippen molar-refractivity contribution in [3.63, 3.8) is 0 Å². The minimum absolute atomic E-state index is 0.183. The summed E-state index contributed by atoms with van der Waals surface area (Å²) in [5.74, 6) is -0.324. The molecule has 1 amide bonds. The Labute approximate surface area is 463 Å². The summed E-state index contributed by atoms with van der Waals surface area (Å²) < 4.78 is 34.1. The van der Waals surface area contributed by atoms with Crippen molar-refractivity contribution in [2.24, 2.45) is 0 Å². The van der Waals surface area contributed by atoms with Crippen molar-refractivity contribution in [2.45, 2.75) is 253 Å². The minimum Gasteiger partial charge on any atom is -0.394 e. The highest BCUT2D eigenvalue weighted by molar-refractivity contribution is 5.76. The van der Waals surface area contributed by atoms with Crippen molar-refractivity contribution in [2.75, 3.05) is 26.4 Å². The van der Waals surface area contributed by atoms with E-state index in [1.54, 1.807) is 6.08 Å². The number of hydrogen-bond acceptors (Lipinski definition) is 18. The molecule has 78 heavy (non-hydrogen) atoms. The lowest BCUT2D eigenvalue weighted by Gasteiger charge is -2.48. The fourth-order valence-corrected chi connectivity index (χ4v) is 9.19. The van der Waals surface area contributed by atoms with Gasteiger partial charge in [0.25, 0.3) is 0 Å². The highest BCUT2D eigenvalue weighted by atomic mass is 16.8. The van der Waals surface area contributed by atoms with Crippen LogP contribution in [0.25, 0.3) is 0 Å². The molecule has 0 saturated carbocycles. The maximum absolute atomic E-state index is 13.3. The Balaban J connectivity index is 1.52. The van der Waals surface area contributed by atoms with E-state index < -0.39 is 124 Å². The van der Waals surface area contributed by atoms with Crippen LogP contribution in [0.4, 0.5) is 0 Å². The molecule has 3 rings (SSSR count). The molecule has 19 heteroatoms. The van der Waals surface area contributed by atoms with Gasteiger partial charge in [-0.2, -0.15) is 0 Å². The molecule has 3 saturated heterocycles. The zero-order valence-corrected chi connectivity index (χ0v) is 46.4. The van der Waals surface area contributed by atoms with Crippen molar-refractivity contribution in [1.82, 2.24) is 5.32 Å². The van der Waals surface area contributed by atoms with Gasteiger partial charge < -0.3 is 89.9 Å². The zero-order valence-electron chi connectivity index (χ0n) is 46.4. The molecule has 0 aromatic rings. The first-order chi connectivity index (χ1) is 37.8. The Kier molecular flexibility index (Phi) is 37.2. The number of ether oxygens (including phenoxy) is 6. The van der Waals surface area contributed by atoms with Gasteiger partial charge in [-0.1, -0.05) is 157 Å². The fourth-order valence-electron chi connectivity index (χ4n) is 9.19. The molecule has 17 unspecified atom stereocenters. The van der Waals surface area contributed by atoms with E-state index >= 15 is 0 Å². The lowest BCUT2D eigenvalue weighted by Crippen LogP contribution is -2.66. The molecular formula is C59H99NO18. The number of aliphatic hydroxyl groups is 11. The number of aliphatic hydroxyl groups excluding tert-OH is 11. The summed E-state index contributed by atoms with van der Waals surface area (Å²) in [6.07, 6.45) is 22.8. The van der Waals surface area contributed by atoms with Gasteiger partial charge in [-0.15, -0.1) is 0 Å². The van der Waals surface area contributed by atoms with Gasteiger partial charge in [-0.3, -0.25) is 4.79 Å². The van der Waals surface area contributed by atoms with E-state index in [1.807, 2.05) is 6.08 Å². The third-order valence-electron chi connectivity index (χ3n) is 13.9. The summed E-state index contributed by atoms with van der Waals surface area (Å²) >= 11 is 0. The van der Waals surface area contributed by atoms with Gasteiger partial charge in [0.15, 0.2) is 18.9 Å². The molecule has 0 aromatic carbocycles. The SMILES string of the molecule is CC/C=C\C/C=C\C/C=C\C/C=C\C/C=C\C/C=C\CCCCC(=O)NC(COC1OC(CO)C(OC2OC(CO)C(OC3OC(CO)C(O)C(O)C3O)C(O)C2O)C(O)C1O)C(O)/C=C/CCCCCCCCCCCC. The number of rotatable bonds is 40. The topological polar surface area (TPSA) is 307 Å². The molecule has 12 N–H and O–H groups in total. The Hall–Kier alpha value is -3.03. The molecule has 0 bridgehead atoms. The van der Waals surface area contributed by atoms with Gasteiger partial charge in [0.1, 0.15) is 73.2 Å². The second kappa shape index (κ2) is 41.9. The van der Waals surface area contributed by atoms with Gasteiger partial charge >= 0.3 is 0 Å². The Bertz CT molecular complexity index is 1750. The van der Waals surface area contributed by atoms with E-state index in [-0.39, 0.29) is 18.9 Å². The third-order valence-corrected chi connectivity index (χ3v) is 13.9. The van der Waals surface area contributed by atoms with Crippen LogP contribution >= 0.6 is 0 Å². The van der Waals surface area contributed by atoms with Crippen LogP contribution in [0, 0.1) is 0 Å². The second-order valence-corrected chi connectivity index (χ2v) is 20.4. The van der Waals surface area contributed by atoms with Crippen LogP contribution in [0.5, 0.6) is 0 Å². The standard InChI is InChI=1S/C59H99NO18/c1-3-5-7-9-11-13-15-17-18-19-20-21-22-23-24-25-27-29-31-33-35-37-47(65)60-42(43(64)36-34-32-30-28-26-16-14-12-10-8-6-4-2)41-73-57-53(71)50(68)55(45(39-62)75-57)78-59-54(72)51(69)56(46(40-63)76-59)77-58-52(70)49(67)48(66)44(38-61)74-58/h5,7,11,13,17-18,20-21,23-24,27,29,34,36,42-46,48-59,61-64,66-72H,3-4,6,8-10,12,14-16,19,22,25-26,28,30-33,35,37-41H2,1-2H3,(H,60,65)/b7-5-,13-11-,18-17-,21-20-,24-23-,29-27-,36-34+. The van der Waals surface area contributed by atoms with Gasteiger partial charge in [0.2, 0.25) is 5.91 Å². The first-order valence-corrected chi connectivity index (χ1v) is 28.8. The van der Waals surface area contributed by atoms with Crippen LogP contribution in [0.15, 0.2) is 85.1 Å². The summed E-state index contributed by atoms with van der Waals surface area (Å²) in [6, 6.07) is -1.000. The predicted octanol–water partition coefficient (Wildman–Crippen LogP) is 4.42. The van der Waals surface area contributed by atoms with Crippen LogP contribution in [-0.2, 0) is 33.2 Å². The normalized spacial score (nSPS) is 31.1. The summed E-state index contributed by atoms with van der Waals surface area (Å²) in [5.41, 5.74) is 0. The smallest absolute Gasteiger partial charge is 0.220 e. The predicted molar refractivity (Wildman–Crippen MR) is 295 cm³/mol. The lowest BCUT2D eigenvalue weighted by molar-refractivity contribution is -0.379. The van der Waals surface area contributed by atoms with E-state index in [4.69, 9.17) is 28.4 Å². The maximum atomic E-state index is 13.3. The fraction of sp³-hybridized carbons (Fsp3) is 0.746. The first kappa shape index (κ1) is 69.2. The molecule has 17 atom stereocenters. The van der Waals surface area contributed by atoms with Crippen LogP contribution in [0.2, 0.25) is 0 Å². The number of unbranched alkanes of at least 4 members (excludes halogenated alkanes) is 12. The Morgan fingerprint density at radius 2 is 0.885 bits per heavy atom. The molecule has 3 heterocycles. The molecule has 19 nitrogen and oxygen atoms in total. The molecule has 0 aliphatic carbocycles. The number of nitrogens with one attached hydrogen (secondary N) is 1. The zero-order chi connectivity index (χ0) is 56.9. The van der Waals surface area contributed by atoms with Gasteiger partial charge in [0, 0.05) is 6.42 Å².